The molecule has 1 atom stereocenters. The number of ether oxygens (including phenoxy) is 1. The highest BCUT2D eigenvalue weighted by atomic mass is 32.2. The molecule has 0 aromatic heterocycles. The highest BCUT2D eigenvalue weighted by Gasteiger charge is 2.35. The lowest BCUT2D eigenvalue weighted by Gasteiger charge is -2.36. The summed E-state index contributed by atoms with van der Waals surface area (Å²) >= 11 is 0. The van der Waals surface area contributed by atoms with Crippen molar-refractivity contribution in [1.82, 2.24) is 8.61 Å². The van der Waals surface area contributed by atoms with Crippen LogP contribution in [0.3, 0.4) is 0 Å². The van der Waals surface area contributed by atoms with E-state index in [1.807, 2.05) is 18.2 Å². The van der Waals surface area contributed by atoms with E-state index in [4.69, 9.17) is 10.5 Å². The maximum Gasteiger partial charge on any atom is 0.282 e. The van der Waals surface area contributed by atoms with Gasteiger partial charge in [0.25, 0.3) is 10.2 Å². The van der Waals surface area contributed by atoms with Crippen LogP contribution in [0.15, 0.2) is 24.3 Å². The van der Waals surface area contributed by atoms with Gasteiger partial charge in [-0.15, -0.1) is 0 Å². The van der Waals surface area contributed by atoms with Crippen LogP contribution in [0.5, 0.6) is 0 Å². The van der Waals surface area contributed by atoms with Crippen LogP contribution >= 0.6 is 0 Å². The number of rotatable bonds is 3. The second-order valence-corrected chi connectivity index (χ2v) is 7.38. The topological polar surface area (TPSA) is 75.9 Å². The molecule has 0 amide bonds. The number of nitrogens with two attached hydrogens (primary N) is 1. The van der Waals surface area contributed by atoms with Crippen LogP contribution in [-0.2, 0) is 27.9 Å². The molecule has 0 aliphatic carbocycles. The van der Waals surface area contributed by atoms with Crippen molar-refractivity contribution >= 4 is 10.2 Å². The Morgan fingerprint density at radius 1 is 1.19 bits per heavy atom. The van der Waals surface area contributed by atoms with Gasteiger partial charge in [0.2, 0.25) is 0 Å². The molecule has 1 saturated heterocycles. The summed E-state index contributed by atoms with van der Waals surface area (Å²) in [7, 11) is -3.44. The Labute approximate surface area is 125 Å². The molecule has 3 rings (SSSR count). The van der Waals surface area contributed by atoms with E-state index in [0.29, 0.717) is 39.3 Å². The van der Waals surface area contributed by atoms with Crippen molar-refractivity contribution in [3.05, 3.63) is 35.4 Å². The number of fused-ring (bicyclic) bond motifs is 1. The van der Waals surface area contributed by atoms with Crippen LogP contribution in [-0.4, -0.2) is 55.9 Å². The quantitative estimate of drug-likeness (QED) is 0.849. The Kier molecular flexibility index (Phi) is 4.28. The van der Waals surface area contributed by atoms with Gasteiger partial charge >= 0.3 is 0 Å². The van der Waals surface area contributed by atoms with E-state index in [-0.39, 0.29) is 6.10 Å². The minimum absolute atomic E-state index is 0.203. The van der Waals surface area contributed by atoms with E-state index in [0.717, 1.165) is 12.0 Å². The molecule has 1 fully saturated rings. The Bertz CT molecular complexity index is 605. The second kappa shape index (κ2) is 6.02. The van der Waals surface area contributed by atoms with Gasteiger partial charge in [-0.2, -0.15) is 17.0 Å². The minimum Gasteiger partial charge on any atom is -0.374 e. The normalized spacial score (nSPS) is 24.7. The molecule has 1 unspecified atom stereocenters. The van der Waals surface area contributed by atoms with Gasteiger partial charge in [0.1, 0.15) is 0 Å². The summed E-state index contributed by atoms with van der Waals surface area (Å²) in [6.45, 7) is 2.47. The van der Waals surface area contributed by atoms with Crippen LogP contribution in [0.4, 0.5) is 0 Å². The molecule has 116 valence electrons. The van der Waals surface area contributed by atoms with Gasteiger partial charge in [-0.1, -0.05) is 24.3 Å². The van der Waals surface area contributed by atoms with E-state index in [2.05, 4.69) is 6.07 Å². The summed E-state index contributed by atoms with van der Waals surface area (Å²) < 4.78 is 34.0. The predicted octanol–water partition coefficient (Wildman–Crippen LogP) is -0.0510. The SMILES string of the molecule is NCC1CN(S(=O)(=O)N2CCc3ccccc3C2)CCO1. The molecule has 0 spiro atoms. The van der Waals surface area contributed by atoms with Crippen molar-refractivity contribution < 1.29 is 13.2 Å². The van der Waals surface area contributed by atoms with Gasteiger partial charge in [-0.05, 0) is 17.5 Å². The minimum atomic E-state index is -3.44. The van der Waals surface area contributed by atoms with Crippen molar-refractivity contribution in [2.75, 3.05) is 32.8 Å². The Morgan fingerprint density at radius 3 is 2.71 bits per heavy atom. The molecule has 2 aliphatic rings. The van der Waals surface area contributed by atoms with E-state index in [1.54, 1.807) is 4.31 Å². The lowest BCUT2D eigenvalue weighted by Crippen LogP contribution is -2.53. The molecule has 2 aliphatic heterocycles. The molecule has 1 aromatic rings. The summed E-state index contributed by atoms with van der Waals surface area (Å²) in [6, 6.07) is 8.02. The largest absolute Gasteiger partial charge is 0.374 e. The number of hydrogen-bond acceptors (Lipinski definition) is 4. The zero-order chi connectivity index (χ0) is 14.9. The van der Waals surface area contributed by atoms with E-state index < -0.39 is 10.2 Å². The van der Waals surface area contributed by atoms with Gasteiger partial charge in [0.05, 0.1) is 12.7 Å². The molecule has 0 radical (unpaired) electrons. The molecule has 2 N–H and O–H groups in total. The fraction of sp³-hybridized carbons (Fsp3) is 0.571. The van der Waals surface area contributed by atoms with Crippen LogP contribution in [0.2, 0.25) is 0 Å². The van der Waals surface area contributed by atoms with Gasteiger partial charge in [-0.3, -0.25) is 0 Å². The Balaban J connectivity index is 1.77. The summed E-state index contributed by atoms with van der Waals surface area (Å²) in [5.74, 6) is 0. The number of hydrogen-bond donors (Lipinski definition) is 1. The number of benzene rings is 1. The van der Waals surface area contributed by atoms with Crippen LogP contribution in [0, 0.1) is 0 Å². The third-order valence-electron chi connectivity index (χ3n) is 4.11. The van der Waals surface area contributed by atoms with Crippen molar-refractivity contribution in [1.29, 1.82) is 0 Å². The second-order valence-electron chi connectivity index (χ2n) is 5.45. The van der Waals surface area contributed by atoms with Crippen LogP contribution in [0.1, 0.15) is 11.1 Å². The summed E-state index contributed by atoms with van der Waals surface area (Å²) in [5.41, 5.74) is 7.93. The third-order valence-corrected chi connectivity index (χ3v) is 6.06. The van der Waals surface area contributed by atoms with Gasteiger partial charge in [0.15, 0.2) is 0 Å². The molecule has 21 heavy (non-hydrogen) atoms. The lowest BCUT2D eigenvalue weighted by atomic mass is 10.0. The third kappa shape index (κ3) is 2.97. The Hall–Kier alpha value is -0.990. The van der Waals surface area contributed by atoms with E-state index in [9.17, 15) is 8.42 Å². The monoisotopic (exact) mass is 311 g/mol. The van der Waals surface area contributed by atoms with Crippen molar-refractivity contribution in [3.8, 4) is 0 Å². The molecule has 0 bridgehead atoms. The lowest BCUT2D eigenvalue weighted by molar-refractivity contribution is 0.00255. The summed E-state index contributed by atoms with van der Waals surface area (Å²) in [4.78, 5) is 0. The predicted molar refractivity (Wildman–Crippen MR) is 79.8 cm³/mol. The van der Waals surface area contributed by atoms with Gasteiger partial charge < -0.3 is 10.5 Å². The zero-order valence-electron chi connectivity index (χ0n) is 11.9. The first kappa shape index (κ1) is 14.9. The van der Waals surface area contributed by atoms with Crippen molar-refractivity contribution in [2.24, 2.45) is 5.73 Å². The fourth-order valence-electron chi connectivity index (χ4n) is 2.87. The van der Waals surface area contributed by atoms with E-state index >= 15 is 0 Å². The fourth-order valence-corrected chi connectivity index (χ4v) is 4.49. The van der Waals surface area contributed by atoms with E-state index in [1.165, 1.54) is 9.87 Å². The molecule has 7 heteroatoms. The number of nitrogens with zero attached hydrogens (tertiary/aromatic N) is 2. The van der Waals surface area contributed by atoms with Crippen molar-refractivity contribution in [3.63, 3.8) is 0 Å². The molecule has 6 nitrogen and oxygen atoms in total. The van der Waals surface area contributed by atoms with Crippen LogP contribution < -0.4 is 5.73 Å². The number of morpholine rings is 1. The highest BCUT2D eigenvalue weighted by molar-refractivity contribution is 7.86. The standard InChI is InChI=1S/C14H21N3O3S/c15-9-14-11-17(7-8-20-14)21(18,19)16-6-5-12-3-1-2-4-13(12)10-16/h1-4,14H,5-11,15H2. The summed E-state index contributed by atoms with van der Waals surface area (Å²) in [5, 5.41) is 0. The first-order chi connectivity index (χ1) is 10.1. The van der Waals surface area contributed by atoms with Crippen LogP contribution in [0.25, 0.3) is 0 Å². The molecular formula is C14H21N3O3S. The molecule has 0 saturated carbocycles. The maximum absolute atomic E-state index is 12.8. The highest BCUT2D eigenvalue weighted by Crippen LogP contribution is 2.23. The van der Waals surface area contributed by atoms with Crippen molar-refractivity contribution in [2.45, 2.75) is 19.1 Å². The first-order valence-corrected chi connectivity index (χ1v) is 8.64. The molecule has 1 aromatic carbocycles. The molecular weight excluding hydrogens is 290 g/mol. The Morgan fingerprint density at radius 2 is 1.95 bits per heavy atom. The smallest absolute Gasteiger partial charge is 0.282 e. The first-order valence-electron chi connectivity index (χ1n) is 7.25. The zero-order valence-corrected chi connectivity index (χ0v) is 12.8. The average molecular weight is 311 g/mol. The van der Waals surface area contributed by atoms with Gasteiger partial charge in [0, 0.05) is 32.7 Å². The molecule has 2 heterocycles. The maximum atomic E-state index is 12.8. The summed E-state index contributed by atoms with van der Waals surface area (Å²) in [6.07, 6.45) is 0.561. The van der Waals surface area contributed by atoms with Gasteiger partial charge in [-0.25, -0.2) is 0 Å². The average Bonchev–Trinajstić information content (AvgIpc) is 2.54.